The molecule has 0 radical (unpaired) electrons. The van der Waals surface area contributed by atoms with Crippen molar-refractivity contribution < 1.29 is 75.0 Å². The topological polar surface area (TPSA) is 221 Å². The zero-order chi connectivity index (χ0) is 3.58. The van der Waals surface area contributed by atoms with Crippen molar-refractivity contribution in [1.82, 2.24) is 0 Å². The van der Waals surface area contributed by atoms with Crippen LogP contribution in [0.1, 0.15) is 0 Å². The van der Waals surface area contributed by atoms with Crippen LogP contribution in [0.2, 0.25) is 0 Å². The molecule has 0 spiro atoms. The van der Waals surface area contributed by atoms with Crippen LogP contribution < -0.4 is 0 Å². The van der Waals surface area contributed by atoms with Crippen molar-refractivity contribution in [2.75, 3.05) is 0 Å². The average molecular weight is 320 g/mol. The van der Waals surface area contributed by atoms with Gasteiger partial charge in [0.2, 0.25) is 0 Å². The molecule has 0 aromatic heterocycles. The van der Waals surface area contributed by atoms with E-state index < -0.39 is 5.09 Å². The summed E-state index contributed by atoms with van der Waals surface area (Å²) in [5.41, 5.74) is 0. The van der Waals surface area contributed by atoms with Gasteiger partial charge < -0.3 is 32.6 Å². The number of hydrogen-bond acceptors (Lipinski definition) is 2. The van der Waals surface area contributed by atoms with E-state index in [1.807, 2.05) is 0 Å². The second-order valence-electron chi connectivity index (χ2n) is 0.238. The van der Waals surface area contributed by atoms with Crippen LogP contribution in [0.15, 0.2) is 0 Å². The first kappa shape index (κ1) is 83.1. The Kier molecular flexibility index (Phi) is 496. The smallest absolute Gasteiger partial charge is 0.291 e. The fourth-order valence-corrected chi connectivity index (χ4v) is 0. The molecular weight excluding hydrogens is 309 g/mol. The quantitative estimate of drug-likeness (QED) is 0.344. The molecule has 10 heteroatoms. The van der Waals surface area contributed by atoms with E-state index in [0.717, 1.165) is 0 Å². The van der Waals surface area contributed by atoms with Crippen LogP contribution in [0.4, 0.5) is 0 Å². The fraction of sp³-hybridized carbons (Fsp3) is 0. The van der Waals surface area contributed by atoms with Crippen molar-refractivity contribution in [3.8, 4) is 0 Å². The maximum Gasteiger partial charge on any atom is 0.291 e. The Morgan fingerprint density at radius 2 is 1.00 bits per heavy atom. The molecule has 0 rings (SSSR count). The molecule has 0 amide bonds. The maximum atomic E-state index is 8.36. The molecule has 0 saturated heterocycles. The molecule has 0 aromatic carbocycles. The molecule has 0 aliphatic carbocycles. The van der Waals surface area contributed by atoms with Crippen molar-refractivity contribution in [3.05, 3.63) is 10.1 Å². The summed E-state index contributed by atoms with van der Waals surface area (Å²) in [5, 5.41) is 13.6. The van der Waals surface area contributed by atoms with Crippen molar-refractivity contribution >= 4 is 0 Å². The fourth-order valence-electron chi connectivity index (χ4n) is 0. The van der Waals surface area contributed by atoms with Gasteiger partial charge in [0.1, 0.15) is 0 Å². The standard InChI is InChI=1S/Er.HNO3.5H2O/c;2-1(3)4;;;;;/h;(H,2,3,4);5*1H2. The first-order chi connectivity index (χ1) is 1.73. The molecule has 0 fully saturated rings. The Morgan fingerprint density at radius 1 is 1.00 bits per heavy atom. The van der Waals surface area contributed by atoms with E-state index >= 15 is 0 Å². The molecule has 76 valence electrons. The Morgan fingerprint density at radius 3 is 1.00 bits per heavy atom. The summed E-state index contributed by atoms with van der Waals surface area (Å²) in [5.74, 6) is 0. The van der Waals surface area contributed by atoms with Gasteiger partial charge in [-0.1, -0.05) is 0 Å². The van der Waals surface area contributed by atoms with Gasteiger partial charge in [0.25, 0.3) is 5.09 Å². The summed E-state index contributed by atoms with van der Waals surface area (Å²) < 4.78 is 0. The predicted octanol–water partition coefficient (Wildman–Crippen LogP) is -4.47. The van der Waals surface area contributed by atoms with Crippen LogP contribution in [0.3, 0.4) is 0 Å². The van der Waals surface area contributed by atoms with Gasteiger partial charge in [0.05, 0.1) is 0 Å². The first-order valence-electron chi connectivity index (χ1n) is 0.565. The van der Waals surface area contributed by atoms with Crippen molar-refractivity contribution in [2.24, 2.45) is 0 Å². The molecule has 11 N–H and O–H groups in total. The number of rotatable bonds is 0. The molecule has 9 nitrogen and oxygen atoms in total. The summed E-state index contributed by atoms with van der Waals surface area (Å²) in [6.07, 6.45) is 0. The van der Waals surface area contributed by atoms with Gasteiger partial charge in [-0.2, -0.15) is 0 Å². The average Bonchev–Trinajstić information content (AvgIpc) is 0.811. The maximum absolute atomic E-state index is 8.36. The molecule has 0 aliphatic rings. The number of hydrogen-bond donors (Lipinski definition) is 1. The second-order valence-corrected chi connectivity index (χ2v) is 0.238. The molecule has 0 aliphatic heterocycles. The van der Waals surface area contributed by atoms with Gasteiger partial charge in [-0.05, 0) is 0 Å². The zero-order valence-corrected chi connectivity index (χ0v) is 6.35. The third kappa shape index (κ3) is 7110. The molecule has 0 saturated carbocycles. The van der Waals surface area contributed by atoms with Crippen LogP contribution in [-0.2, 0) is 0 Å². The monoisotopic (exact) mass is 319 g/mol. The molecule has 0 bridgehead atoms. The van der Waals surface area contributed by atoms with Gasteiger partial charge in [-0.3, -0.25) is 0 Å². The second kappa shape index (κ2) is 59.7. The van der Waals surface area contributed by atoms with E-state index in [2.05, 4.69) is 0 Å². The van der Waals surface area contributed by atoms with E-state index in [1.165, 1.54) is 0 Å². The van der Waals surface area contributed by atoms with Crippen LogP contribution >= 0.6 is 0 Å². The predicted molar refractivity (Wildman–Crippen MR) is 26.8 cm³/mol. The third-order valence-electron chi connectivity index (χ3n) is 0. The van der Waals surface area contributed by atoms with Crippen LogP contribution in [0.25, 0.3) is 0 Å². The van der Waals surface area contributed by atoms with Gasteiger partial charge in [-0.15, -0.1) is 10.1 Å². The van der Waals surface area contributed by atoms with Crippen LogP contribution in [-0.4, -0.2) is 37.7 Å². The molecule has 0 heterocycles. The molecular formula is H11ErNO8. The van der Waals surface area contributed by atoms with E-state index in [9.17, 15) is 0 Å². The Hall–Kier alpha value is 0.247. The zero-order valence-electron chi connectivity index (χ0n) is 4.50. The number of nitrogens with zero attached hydrogens (tertiary/aromatic N) is 1. The van der Waals surface area contributed by atoms with Gasteiger partial charge in [0, 0.05) is 37.3 Å². The summed E-state index contributed by atoms with van der Waals surface area (Å²) in [6, 6.07) is 0. The van der Waals surface area contributed by atoms with E-state index in [4.69, 9.17) is 15.3 Å². The summed E-state index contributed by atoms with van der Waals surface area (Å²) in [7, 11) is 0. The van der Waals surface area contributed by atoms with Gasteiger partial charge in [0.15, 0.2) is 0 Å². The summed E-state index contributed by atoms with van der Waals surface area (Å²) >= 11 is 0. The minimum Gasteiger partial charge on any atom is -0.412 e. The largest absolute Gasteiger partial charge is 0.412 e. The van der Waals surface area contributed by atoms with Crippen molar-refractivity contribution in [3.63, 3.8) is 0 Å². The van der Waals surface area contributed by atoms with E-state index in [0.29, 0.717) is 0 Å². The minimum absolute atomic E-state index is 0. The SMILES string of the molecule is O.O.O.O.O.O=[N+]([O-])O.[Er]. The molecule has 0 atom stereocenters. The normalized spacial score (nSPS) is 2.40. The minimum atomic E-state index is -1.50. The Labute approximate surface area is 84.9 Å². The summed E-state index contributed by atoms with van der Waals surface area (Å²) in [6.45, 7) is 0. The molecule has 0 unspecified atom stereocenters. The Balaban J connectivity index is -0.00000000300. The first-order valence-corrected chi connectivity index (χ1v) is 0.565. The van der Waals surface area contributed by atoms with Gasteiger partial charge in [-0.25, -0.2) is 0 Å². The van der Waals surface area contributed by atoms with Gasteiger partial charge >= 0.3 is 0 Å². The Bertz CT molecular complexity index is 32.2. The molecule has 0 aromatic rings. The van der Waals surface area contributed by atoms with Crippen molar-refractivity contribution in [1.29, 1.82) is 0 Å². The van der Waals surface area contributed by atoms with Crippen LogP contribution in [0.5, 0.6) is 0 Å². The molecule has 10 heavy (non-hydrogen) atoms. The van der Waals surface area contributed by atoms with E-state index in [-0.39, 0.29) is 64.7 Å². The third-order valence-corrected chi connectivity index (χ3v) is 0. The van der Waals surface area contributed by atoms with Crippen LogP contribution in [0, 0.1) is 47.4 Å². The summed E-state index contributed by atoms with van der Waals surface area (Å²) in [4.78, 5) is 8.36. The van der Waals surface area contributed by atoms with E-state index in [1.54, 1.807) is 0 Å². The van der Waals surface area contributed by atoms with Crippen molar-refractivity contribution in [2.45, 2.75) is 0 Å².